The largest absolute Gasteiger partial charge is 0.323 e. The molecule has 1 heterocycles. The minimum Gasteiger partial charge on any atom is -0.323 e. The molecule has 2 N–H and O–H groups in total. The molecule has 0 saturated heterocycles. The van der Waals surface area contributed by atoms with E-state index in [9.17, 15) is 0 Å². The van der Waals surface area contributed by atoms with Crippen LogP contribution in [0, 0.1) is 0 Å². The third kappa shape index (κ3) is 1.05. The smallest absolute Gasteiger partial charge is 0.0417 e. The van der Waals surface area contributed by atoms with Gasteiger partial charge in [0.2, 0.25) is 0 Å². The zero-order chi connectivity index (χ0) is 5.98. The SMILES string of the molecule is CC(N)c1ccns1. The first kappa shape index (κ1) is 5.72. The molecule has 1 aromatic rings. The number of nitrogens with zero attached hydrogens (tertiary/aromatic N) is 1. The maximum Gasteiger partial charge on any atom is 0.0417 e. The Morgan fingerprint density at radius 2 is 2.62 bits per heavy atom. The van der Waals surface area contributed by atoms with Crippen molar-refractivity contribution in [1.82, 2.24) is 4.37 Å². The molecule has 0 saturated carbocycles. The van der Waals surface area contributed by atoms with Crippen molar-refractivity contribution < 1.29 is 0 Å². The van der Waals surface area contributed by atoms with Gasteiger partial charge in [-0.05, 0) is 24.5 Å². The molecule has 0 bridgehead atoms. The summed E-state index contributed by atoms with van der Waals surface area (Å²) in [6.07, 6.45) is 1.77. The van der Waals surface area contributed by atoms with Gasteiger partial charge in [-0.25, -0.2) is 4.37 Å². The van der Waals surface area contributed by atoms with Gasteiger partial charge in [0.1, 0.15) is 0 Å². The monoisotopic (exact) mass is 128 g/mol. The molecule has 1 aromatic heterocycles. The number of rotatable bonds is 1. The summed E-state index contributed by atoms with van der Waals surface area (Å²) < 4.78 is 3.91. The summed E-state index contributed by atoms with van der Waals surface area (Å²) in [6.45, 7) is 1.95. The normalized spacial score (nSPS) is 13.8. The van der Waals surface area contributed by atoms with Crippen LogP contribution in [0.4, 0.5) is 0 Å². The minimum atomic E-state index is 0.141. The molecule has 0 aliphatic carbocycles. The fraction of sp³-hybridized carbons (Fsp3) is 0.400. The van der Waals surface area contributed by atoms with Gasteiger partial charge in [-0.2, -0.15) is 0 Å². The van der Waals surface area contributed by atoms with Crippen LogP contribution in [0.15, 0.2) is 12.3 Å². The number of aromatic nitrogens is 1. The summed E-state index contributed by atoms with van der Waals surface area (Å²) in [7, 11) is 0. The highest BCUT2D eigenvalue weighted by molar-refractivity contribution is 7.05. The van der Waals surface area contributed by atoms with Crippen LogP contribution in [0.3, 0.4) is 0 Å². The molecule has 0 aliphatic rings. The van der Waals surface area contributed by atoms with Crippen molar-refractivity contribution >= 4 is 11.5 Å². The summed E-state index contributed by atoms with van der Waals surface area (Å²) in [6, 6.07) is 2.08. The van der Waals surface area contributed by atoms with Crippen LogP contribution in [-0.4, -0.2) is 4.37 Å². The van der Waals surface area contributed by atoms with Gasteiger partial charge in [-0.3, -0.25) is 0 Å². The van der Waals surface area contributed by atoms with E-state index in [4.69, 9.17) is 5.73 Å². The molecular weight excluding hydrogens is 120 g/mol. The highest BCUT2D eigenvalue weighted by atomic mass is 32.1. The Kier molecular flexibility index (Phi) is 1.60. The lowest BCUT2D eigenvalue weighted by molar-refractivity contribution is 0.838. The van der Waals surface area contributed by atoms with E-state index in [1.54, 1.807) is 6.20 Å². The van der Waals surface area contributed by atoms with E-state index < -0.39 is 0 Å². The molecule has 2 nitrogen and oxygen atoms in total. The number of nitrogens with two attached hydrogens (primary N) is 1. The van der Waals surface area contributed by atoms with E-state index in [-0.39, 0.29) is 6.04 Å². The van der Waals surface area contributed by atoms with E-state index in [0.29, 0.717) is 0 Å². The van der Waals surface area contributed by atoms with Crippen molar-refractivity contribution in [2.24, 2.45) is 5.73 Å². The zero-order valence-electron chi connectivity index (χ0n) is 4.66. The molecule has 0 amide bonds. The van der Waals surface area contributed by atoms with E-state index >= 15 is 0 Å². The number of hydrogen-bond donors (Lipinski definition) is 1. The molecule has 8 heavy (non-hydrogen) atoms. The molecule has 44 valence electrons. The van der Waals surface area contributed by atoms with Gasteiger partial charge in [0.05, 0.1) is 0 Å². The molecular formula is C5H8N2S. The maximum absolute atomic E-state index is 5.53. The highest BCUT2D eigenvalue weighted by Gasteiger charge is 1.97. The Balaban J connectivity index is 2.77. The van der Waals surface area contributed by atoms with Crippen molar-refractivity contribution in [3.63, 3.8) is 0 Å². The van der Waals surface area contributed by atoms with Gasteiger partial charge >= 0.3 is 0 Å². The lowest BCUT2D eigenvalue weighted by atomic mass is 10.3. The third-order valence-electron chi connectivity index (χ3n) is 0.907. The molecule has 0 fully saturated rings. The van der Waals surface area contributed by atoms with Gasteiger partial charge in [0.15, 0.2) is 0 Å². The van der Waals surface area contributed by atoms with Gasteiger partial charge in [0.25, 0.3) is 0 Å². The lowest BCUT2D eigenvalue weighted by Crippen LogP contribution is -2.01. The average Bonchev–Trinajstić information content (AvgIpc) is 2.12. The summed E-state index contributed by atoms with van der Waals surface area (Å²) in [5.74, 6) is 0. The van der Waals surface area contributed by atoms with E-state index in [0.717, 1.165) is 4.88 Å². The van der Waals surface area contributed by atoms with Crippen molar-refractivity contribution in [3.8, 4) is 0 Å². The highest BCUT2D eigenvalue weighted by Crippen LogP contribution is 2.11. The molecule has 0 radical (unpaired) electrons. The molecule has 3 heteroatoms. The molecule has 0 aromatic carbocycles. The van der Waals surface area contributed by atoms with Crippen LogP contribution >= 0.6 is 11.5 Å². The zero-order valence-corrected chi connectivity index (χ0v) is 5.48. The summed E-state index contributed by atoms with van der Waals surface area (Å²) in [5, 5.41) is 0. The van der Waals surface area contributed by atoms with E-state index in [1.807, 2.05) is 13.0 Å². The van der Waals surface area contributed by atoms with Crippen molar-refractivity contribution in [3.05, 3.63) is 17.1 Å². The average molecular weight is 128 g/mol. The van der Waals surface area contributed by atoms with Crippen LogP contribution in [-0.2, 0) is 0 Å². The van der Waals surface area contributed by atoms with E-state index in [1.165, 1.54) is 11.5 Å². The van der Waals surface area contributed by atoms with Crippen LogP contribution < -0.4 is 5.73 Å². The standard InChI is InChI=1S/C5H8N2S/c1-4(6)5-2-3-7-8-5/h2-4H,6H2,1H3. The molecule has 1 rings (SSSR count). The fourth-order valence-corrected chi connectivity index (χ4v) is 0.992. The molecule has 0 aliphatic heterocycles. The van der Waals surface area contributed by atoms with Gasteiger partial charge in [-0.15, -0.1) is 0 Å². The Hall–Kier alpha value is -0.410. The van der Waals surface area contributed by atoms with Crippen molar-refractivity contribution in [1.29, 1.82) is 0 Å². The van der Waals surface area contributed by atoms with Crippen LogP contribution in [0.5, 0.6) is 0 Å². The first-order valence-electron chi connectivity index (χ1n) is 2.47. The summed E-state index contributed by atoms with van der Waals surface area (Å²) in [5.41, 5.74) is 5.53. The topological polar surface area (TPSA) is 38.9 Å². The van der Waals surface area contributed by atoms with Gasteiger partial charge < -0.3 is 5.73 Å². The fourth-order valence-electron chi connectivity index (χ4n) is 0.461. The molecule has 1 unspecified atom stereocenters. The first-order valence-corrected chi connectivity index (χ1v) is 3.24. The Morgan fingerprint density at radius 1 is 1.88 bits per heavy atom. The predicted octanol–water partition coefficient (Wildman–Crippen LogP) is 1.16. The second kappa shape index (κ2) is 2.24. The van der Waals surface area contributed by atoms with Crippen LogP contribution in [0.2, 0.25) is 0 Å². The first-order chi connectivity index (χ1) is 3.80. The van der Waals surface area contributed by atoms with E-state index in [2.05, 4.69) is 4.37 Å². The lowest BCUT2D eigenvalue weighted by Gasteiger charge is -1.95. The second-order valence-corrected chi connectivity index (χ2v) is 2.57. The Bertz CT molecular complexity index is 145. The van der Waals surface area contributed by atoms with Gasteiger partial charge in [-0.1, -0.05) is 0 Å². The number of hydrogen-bond acceptors (Lipinski definition) is 3. The maximum atomic E-state index is 5.53. The minimum absolute atomic E-state index is 0.141. The predicted molar refractivity (Wildman–Crippen MR) is 34.7 cm³/mol. The van der Waals surface area contributed by atoms with Gasteiger partial charge in [0, 0.05) is 17.1 Å². The molecule has 0 spiro atoms. The molecule has 1 atom stereocenters. The Labute approximate surface area is 52.5 Å². The van der Waals surface area contributed by atoms with Crippen LogP contribution in [0.1, 0.15) is 17.8 Å². The third-order valence-corrected chi connectivity index (χ3v) is 1.85. The second-order valence-electron chi connectivity index (χ2n) is 1.70. The van der Waals surface area contributed by atoms with Crippen LogP contribution in [0.25, 0.3) is 0 Å². The quantitative estimate of drug-likeness (QED) is 0.616. The van der Waals surface area contributed by atoms with Crippen molar-refractivity contribution in [2.45, 2.75) is 13.0 Å². The summed E-state index contributed by atoms with van der Waals surface area (Å²) in [4.78, 5) is 1.14. The summed E-state index contributed by atoms with van der Waals surface area (Å²) >= 11 is 1.46. The van der Waals surface area contributed by atoms with Crippen molar-refractivity contribution in [2.75, 3.05) is 0 Å². The Morgan fingerprint density at radius 3 is 2.88 bits per heavy atom.